The molecule has 0 amide bonds. The molecule has 0 fully saturated rings. The molecule has 0 atom stereocenters. The molecule has 7 nitrogen and oxygen atoms in total. The van der Waals surface area contributed by atoms with Gasteiger partial charge in [0.15, 0.2) is 23.1 Å². The minimum Gasteiger partial charge on any atom is -0.493 e. The van der Waals surface area contributed by atoms with Crippen LogP contribution in [0.1, 0.15) is 13.8 Å². The van der Waals surface area contributed by atoms with E-state index in [1.807, 2.05) is 0 Å². The lowest BCUT2D eigenvalue weighted by molar-refractivity contribution is -0.123. The molecular formula is C18H20N2O5S. The van der Waals surface area contributed by atoms with Crippen LogP contribution in [0.15, 0.2) is 29.3 Å². The van der Waals surface area contributed by atoms with Crippen LogP contribution in [0.4, 0.5) is 0 Å². The Morgan fingerprint density at radius 3 is 1.88 bits per heavy atom. The van der Waals surface area contributed by atoms with Gasteiger partial charge in [0.1, 0.15) is 10.3 Å². The fraction of sp³-hybridized carbons (Fsp3) is 0.333. The fourth-order valence-corrected chi connectivity index (χ4v) is 3.15. The first-order valence-electron chi connectivity index (χ1n) is 7.73. The van der Waals surface area contributed by atoms with Crippen LogP contribution in [0, 0.1) is 0 Å². The molecule has 26 heavy (non-hydrogen) atoms. The van der Waals surface area contributed by atoms with Gasteiger partial charge < -0.3 is 14.2 Å². The highest BCUT2D eigenvalue weighted by Crippen LogP contribution is 2.40. The van der Waals surface area contributed by atoms with E-state index in [9.17, 15) is 9.59 Å². The second-order valence-corrected chi connectivity index (χ2v) is 6.52. The predicted molar refractivity (Wildman–Crippen MR) is 98.1 cm³/mol. The number of methoxy groups -OCH3 is 3. The van der Waals surface area contributed by atoms with E-state index in [1.165, 1.54) is 35.2 Å². The molecule has 1 heterocycles. The summed E-state index contributed by atoms with van der Waals surface area (Å²) in [6.45, 7) is 2.77. The number of benzene rings is 1. The molecule has 0 unspecified atom stereocenters. The monoisotopic (exact) mass is 376 g/mol. The van der Waals surface area contributed by atoms with Crippen molar-refractivity contribution in [1.82, 2.24) is 10.2 Å². The van der Waals surface area contributed by atoms with Gasteiger partial charge in [0.05, 0.1) is 27.0 Å². The summed E-state index contributed by atoms with van der Waals surface area (Å²) in [6.07, 6.45) is 0. The normalized spacial score (nSPS) is 10.5. The molecular weight excluding hydrogens is 356 g/mol. The average Bonchev–Trinajstić information content (AvgIpc) is 2.64. The largest absolute Gasteiger partial charge is 0.493 e. The van der Waals surface area contributed by atoms with Gasteiger partial charge in [0.2, 0.25) is 5.75 Å². The van der Waals surface area contributed by atoms with E-state index in [4.69, 9.17) is 14.2 Å². The van der Waals surface area contributed by atoms with E-state index >= 15 is 0 Å². The van der Waals surface area contributed by atoms with Gasteiger partial charge in [-0.25, -0.2) is 0 Å². The molecule has 138 valence electrons. The molecule has 0 aliphatic heterocycles. The van der Waals surface area contributed by atoms with Gasteiger partial charge >= 0.3 is 0 Å². The Hall–Kier alpha value is -2.61. The molecule has 0 aliphatic carbocycles. The topological polar surface area (TPSA) is 87.6 Å². The Balaban J connectivity index is 2.33. The summed E-state index contributed by atoms with van der Waals surface area (Å²) < 4.78 is 16.0. The van der Waals surface area contributed by atoms with Crippen LogP contribution in [0.2, 0.25) is 0 Å². The van der Waals surface area contributed by atoms with Gasteiger partial charge in [-0.05, 0) is 38.1 Å². The third-order valence-corrected chi connectivity index (χ3v) is 4.94. The summed E-state index contributed by atoms with van der Waals surface area (Å²) in [5, 5.41) is 8.02. The van der Waals surface area contributed by atoms with Crippen LogP contribution in [0.5, 0.6) is 17.2 Å². The van der Waals surface area contributed by atoms with E-state index in [1.54, 1.807) is 24.3 Å². The van der Waals surface area contributed by atoms with Crippen molar-refractivity contribution in [3.05, 3.63) is 24.3 Å². The molecule has 0 radical (unpaired) electrons. The van der Waals surface area contributed by atoms with Crippen molar-refractivity contribution >= 4 is 23.3 Å². The first kappa shape index (κ1) is 19.7. The number of aromatic nitrogens is 2. The van der Waals surface area contributed by atoms with Crippen LogP contribution in [0.25, 0.3) is 11.3 Å². The third-order valence-electron chi connectivity index (χ3n) is 3.58. The summed E-state index contributed by atoms with van der Waals surface area (Å²) >= 11 is 1.09. The molecule has 0 spiro atoms. The van der Waals surface area contributed by atoms with E-state index in [2.05, 4.69) is 10.2 Å². The molecule has 1 aromatic carbocycles. The average molecular weight is 376 g/mol. The minimum atomic E-state index is -0.767. The predicted octanol–water partition coefficient (Wildman–Crippen LogP) is 2.81. The van der Waals surface area contributed by atoms with Crippen molar-refractivity contribution in [3.63, 3.8) is 0 Å². The molecule has 0 N–H and O–H groups in total. The van der Waals surface area contributed by atoms with Crippen LogP contribution in [-0.2, 0) is 9.59 Å². The zero-order chi connectivity index (χ0) is 19.3. The van der Waals surface area contributed by atoms with E-state index in [-0.39, 0.29) is 11.6 Å². The highest BCUT2D eigenvalue weighted by Gasteiger charge is 2.22. The molecule has 2 aromatic rings. The minimum absolute atomic E-state index is 0.210. The van der Waals surface area contributed by atoms with Crippen LogP contribution >= 0.6 is 11.8 Å². The zero-order valence-electron chi connectivity index (χ0n) is 15.2. The zero-order valence-corrected chi connectivity index (χ0v) is 16.0. The van der Waals surface area contributed by atoms with Crippen LogP contribution in [0.3, 0.4) is 0 Å². The van der Waals surface area contributed by atoms with Crippen molar-refractivity contribution in [1.29, 1.82) is 0 Å². The number of carbonyl (C=O) groups is 2. The molecule has 8 heteroatoms. The van der Waals surface area contributed by atoms with Crippen molar-refractivity contribution < 1.29 is 23.8 Å². The van der Waals surface area contributed by atoms with Gasteiger partial charge in [-0.3, -0.25) is 9.59 Å². The van der Waals surface area contributed by atoms with E-state index in [0.29, 0.717) is 28.0 Å². The highest BCUT2D eigenvalue weighted by atomic mass is 32.2. The number of thioether (sulfide) groups is 1. The Labute approximate surface area is 156 Å². The lowest BCUT2D eigenvalue weighted by Crippen LogP contribution is -2.22. The number of carbonyl (C=O) groups excluding carboxylic acids is 2. The Morgan fingerprint density at radius 2 is 1.50 bits per heavy atom. The summed E-state index contributed by atoms with van der Waals surface area (Å²) in [6, 6.07) is 7.01. The Bertz CT molecular complexity index is 769. The summed E-state index contributed by atoms with van der Waals surface area (Å²) in [4.78, 5) is 23.1. The second-order valence-electron chi connectivity index (χ2n) is 5.39. The van der Waals surface area contributed by atoms with Crippen LogP contribution in [-0.4, -0.2) is 48.3 Å². The summed E-state index contributed by atoms with van der Waals surface area (Å²) in [5.74, 6) is 1.09. The third kappa shape index (κ3) is 4.32. The van der Waals surface area contributed by atoms with Crippen molar-refractivity contribution in [2.75, 3.05) is 21.3 Å². The van der Waals surface area contributed by atoms with Gasteiger partial charge in [-0.15, -0.1) is 10.2 Å². The van der Waals surface area contributed by atoms with Crippen LogP contribution < -0.4 is 14.2 Å². The first-order chi connectivity index (χ1) is 12.4. The van der Waals surface area contributed by atoms with E-state index in [0.717, 1.165) is 17.3 Å². The number of ether oxygens (including phenoxy) is 3. The van der Waals surface area contributed by atoms with Crippen molar-refractivity contribution in [2.24, 2.45) is 0 Å². The number of hydrogen-bond donors (Lipinski definition) is 0. The van der Waals surface area contributed by atoms with Gasteiger partial charge in [0, 0.05) is 5.56 Å². The molecule has 0 aliphatic rings. The quantitative estimate of drug-likeness (QED) is 0.513. The maximum Gasteiger partial charge on any atom is 0.203 e. The van der Waals surface area contributed by atoms with Gasteiger partial charge in [0.25, 0.3) is 0 Å². The van der Waals surface area contributed by atoms with Gasteiger partial charge in [-0.2, -0.15) is 0 Å². The Morgan fingerprint density at radius 1 is 0.923 bits per heavy atom. The summed E-state index contributed by atoms with van der Waals surface area (Å²) in [7, 11) is 4.61. The fourth-order valence-electron chi connectivity index (χ4n) is 2.34. The van der Waals surface area contributed by atoms with E-state index < -0.39 is 5.25 Å². The standard InChI is InChI=1S/C18H20N2O5S/c1-10(21)18(11(2)22)26-16-7-6-13(19-20-16)12-8-14(23-3)17(25-5)15(9-12)24-4/h6-9,18H,1-5H3. The molecule has 2 rings (SSSR count). The lowest BCUT2D eigenvalue weighted by atomic mass is 10.1. The number of rotatable bonds is 8. The highest BCUT2D eigenvalue weighted by molar-refractivity contribution is 8.01. The lowest BCUT2D eigenvalue weighted by Gasteiger charge is -2.14. The maximum absolute atomic E-state index is 11.6. The molecule has 0 saturated carbocycles. The second kappa shape index (κ2) is 8.66. The first-order valence-corrected chi connectivity index (χ1v) is 8.60. The Kier molecular flexibility index (Phi) is 6.57. The SMILES string of the molecule is COc1cc(-c2ccc(SC(C(C)=O)C(C)=O)nn2)cc(OC)c1OC. The van der Waals surface area contributed by atoms with Gasteiger partial charge in [-0.1, -0.05) is 11.8 Å². The number of Topliss-reactive ketones (excluding diaryl/α,β-unsaturated/α-hetero) is 2. The molecule has 0 bridgehead atoms. The number of ketones is 2. The number of hydrogen-bond acceptors (Lipinski definition) is 8. The number of nitrogens with zero attached hydrogens (tertiary/aromatic N) is 2. The van der Waals surface area contributed by atoms with Crippen molar-refractivity contribution in [3.8, 4) is 28.5 Å². The summed E-state index contributed by atoms with van der Waals surface area (Å²) in [5.41, 5.74) is 1.33. The molecule has 1 aromatic heterocycles. The molecule has 0 saturated heterocycles. The smallest absolute Gasteiger partial charge is 0.203 e. The van der Waals surface area contributed by atoms with Crippen molar-refractivity contribution in [2.45, 2.75) is 24.1 Å². The maximum atomic E-state index is 11.6.